The van der Waals surface area contributed by atoms with Crippen molar-refractivity contribution < 1.29 is 8.42 Å². The van der Waals surface area contributed by atoms with E-state index in [2.05, 4.69) is 71.8 Å². The highest BCUT2D eigenvalue weighted by Gasteiger charge is 2.33. The van der Waals surface area contributed by atoms with Gasteiger partial charge in [0.2, 0.25) is 9.84 Å². The number of hydrogen-bond donors (Lipinski definition) is 0. The molecule has 0 amide bonds. The van der Waals surface area contributed by atoms with Crippen LogP contribution >= 0.6 is 0 Å². The fourth-order valence-electron chi connectivity index (χ4n) is 5.88. The van der Waals surface area contributed by atoms with E-state index in [0.717, 1.165) is 33.7 Å². The minimum atomic E-state index is -3.65. The van der Waals surface area contributed by atoms with Crippen molar-refractivity contribution in [1.29, 1.82) is 0 Å². The molecule has 0 aliphatic carbocycles. The van der Waals surface area contributed by atoms with Crippen LogP contribution in [-0.2, 0) is 16.3 Å². The van der Waals surface area contributed by atoms with Gasteiger partial charge in [-0.3, -0.25) is 4.57 Å². The second-order valence-electron chi connectivity index (χ2n) is 10.0. The minimum absolute atomic E-state index is 0.310. The highest BCUT2D eigenvalue weighted by atomic mass is 32.2. The van der Waals surface area contributed by atoms with Gasteiger partial charge in [-0.25, -0.2) is 13.4 Å². The summed E-state index contributed by atoms with van der Waals surface area (Å²) in [6.45, 7) is 8.20. The molecule has 40 heavy (non-hydrogen) atoms. The third kappa shape index (κ3) is 3.39. The molecule has 6 heteroatoms. The first kappa shape index (κ1) is 24.4. The number of allylic oxidation sites excluding steroid dienone is 5. The lowest BCUT2D eigenvalue weighted by molar-refractivity contribution is 0.594. The SMILES string of the molecule is C=C/C(=C\C=C(/C)c1ccc2c(c1)-n1c(CC)nc3cccc(c31)S2(=O)=O)n1c2ccccc2c2ccccc21. The van der Waals surface area contributed by atoms with Crippen LogP contribution in [0.25, 0.3) is 49.8 Å². The van der Waals surface area contributed by atoms with Crippen molar-refractivity contribution in [2.24, 2.45) is 0 Å². The molecule has 2 aromatic heterocycles. The van der Waals surface area contributed by atoms with Crippen molar-refractivity contribution >= 4 is 53.9 Å². The van der Waals surface area contributed by atoms with E-state index in [-0.39, 0.29) is 0 Å². The maximum Gasteiger partial charge on any atom is 0.210 e. The van der Waals surface area contributed by atoms with Crippen LogP contribution in [0.15, 0.2) is 120 Å². The second kappa shape index (κ2) is 8.93. The van der Waals surface area contributed by atoms with Crippen LogP contribution in [0.1, 0.15) is 25.2 Å². The number of fused-ring (bicyclic) bond motifs is 5. The van der Waals surface area contributed by atoms with Crippen LogP contribution in [0.2, 0.25) is 0 Å². The predicted octanol–water partition coefficient (Wildman–Crippen LogP) is 7.97. The third-order valence-electron chi connectivity index (χ3n) is 7.81. The van der Waals surface area contributed by atoms with Gasteiger partial charge in [0.05, 0.1) is 37.5 Å². The molecule has 7 rings (SSSR count). The van der Waals surface area contributed by atoms with E-state index in [1.54, 1.807) is 18.2 Å². The van der Waals surface area contributed by atoms with Gasteiger partial charge in [-0.15, -0.1) is 0 Å². The molecule has 0 spiro atoms. The lowest BCUT2D eigenvalue weighted by atomic mass is 10.1. The number of nitrogens with zero attached hydrogens (tertiary/aromatic N) is 3. The number of para-hydroxylation sites is 3. The van der Waals surface area contributed by atoms with Gasteiger partial charge in [0.1, 0.15) is 5.82 Å². The fraction of sp³-hybridized carbons (Fsp3) is 0.0882. The topological polar surface area (TPSA) is 56.9 Å². The average molecular weight is 542 g/mol. The summed E-state index contributed by atoms with van der Waals surface area (Å²) in [7, 11) is -3.65. The van der Waals surface area contributed by atoms with Gasteiger partial charge in [-0.05, 0) is 66.6 Å². The number of imidazole rings is 1. The molecule has 0 fully saturated rings. The van der Waals surface area contributed by atoms with Crippen LogP contribution in [-0.4, -0.2) is 22.5 Å². The first-order valence-electron chi connectivity index (χ1n) is 13.3. The summed E-state index contributed by atoms with van der Waals surface area (Å²) in [6.07, 6.45) is 6.70. The Bertz CT molecular complexity index is 2140. The van der Waals surface area contributed by atoms with E-state index in [9.17, 15) is 8.42 Å². The molecule has 0 unspecified atom stereocenters. The highest BCUT2D eigenvalue weighted by molar-refractivity contribution is 7.92. The first-order chi connectivity index (χ1) is 19.4. The number of benzene rings is 4. The van der Waals surface area contributed by atoms with Gasteiger partial charge in [0.25, 0.3) is 0 Å². The minimum Gasteiger partial charge on any atom is -0.309 e. The Morgan fingerprint density at radius 3 is 2.25 bits per heavy atom. The van der Waals surface area contributed by atoms with E-state index < -0.39 is 9.84 Å². The zero-order valence-corrected chi connectivity index (χ0v) is 23.1. The van der Waals surface area contributed by atoms with Gasteiger partial charge < -0.3 is 4.57 Å². The number of hydrogen-bond acceptors (Lipinski definition) is 3. The molecule has 0 radical (unpaired) electrons. The summed E-state index contributed by atoms with van der Waals surface area (Å²) in [5.41, 5.74) is 7.16. The fourth-order valence-corrected chi connectivity index (χ4v) is 7.50. The Labute approximate surface area is 232 Å². The molecule has 196 valence electrons. The lowest BCUT2D eigenvalue weighted by Crippen LogP contribution is -2.16. The molecule has 1 aliphatic heterocycles. The van der Waals surface area contributed by atoms with Crippen LogP contribution in [0.3, 0.4) is 0 Å². The van der Waals surface area contributed by atoms with Gasteiger partial charge in [0.15, 0.2) is 0 Å². The van der Waals surface area contributed by atoms with Crippen molar-refractivity contribution in [3.8, 4) is 5.69 Å². The van der Waals surface area contributed by atoms with Crippen LogP contribution in [0.4, 0.5) is 0 Å². The summed E-state index contributed by atoms with van der Waals surface area (Å²) in [5, 5.41) is 2.39. The molecule has 6 aromatic rings. The van der Waals surface area contributed by atoms with E-state index >= 15 is 0 Å². The number of aromatic nitrogens is 3. The Morgan fingerprint density at radius 2 is 1.57 bits per heavy atom. The van der Waals surface area contributed by atoms with E-state index in [1.165, 1.54) is 10.8 Å². The molecular formula is C34H27N3O2S. The highest BCUT2D eigenvalue weighted by Crippen LogP contribution is 2.40. The number of aryl methyl sites for hydroxylation is 1. The maximum atomic E-state index is 13.6. The van der Waals surface area contributed by atoms with Crippen molar-refractivity contribution in [3.63, 3.8) is 0 Å². The van der Waals surface area contributed by atoms with Gasteiger partial charge in [-0.2, -0.15) is 0 Å². The molecular weight excluding hydrogens is 514 g/mol. The molecule has 3 heterocycles. The monoisotopic (exact) mass is 541 g/mol. The zero-order chi connectivity index (χ0) is 27.6. The molecule has 5 nitrogen and oxygen atoms in total. The van der Waals surface area contributed by atoms with Gasteiger partial charge in [0, 0.05) is 22.9 Å². The third-order valence-corrected chi connectivity index (χ3v) is 9.64. The summed E-state index contributed by atoms with van der Waals surface area (Å²) in [5.74, 6) is 0.845. The van der Waals surface area contributed by atoms with Gasteiger partial charge >= 0.3 is 0 Å². The molecule has 0 atom stereocenters. The first-order valence-corrected chi connectivity index (χ1v) is 14.8. The molecule has 0 bridgehead atoms. The van der Waals surface area contributed by atoms with Crippen LogP contribution in [0, 0.1) is 0 Å². The Hall–Kier alpha value is -4.68. The van der Waals surface area contributed by atoms with Crippen LogP contribution < -0.4 is 0 Å². The van der Waals surface area contributed by atoms with E-state index in [4.69, 9.17) is 4.98 Å². The number of sulfone groups is 1. The van der Waals surface area contributed by atoms with Gasteiger partial charge in [-0.1, -0.05) is 68.1 Å². The van der Waals surface area contributed by atoms with E-state index in [1.807, 2.05) is 42.7 Å². The summed E-state index contributed by atoms with van der Waals surface area (Å²) >= 11 is 0. The van der Waals surface area contributed by atoms with Crippen molar-refractivity contribution in [1.82, 2.24) is 14.1 Å². The van der Waals surface area contributed by atoms with E-state index in [0.29, 0.717) is 32.9 Å². The summed E-state index contributed by atoms with van der Waals surface area (Å²) in [4.78, 5) is 5.38. The summed E-state index contributed by atoms with van der Waals surface area (Å²) < 4.78 is 31.4. The quantitative estimate of drug-likeness (QED) is 0.208. The van der Waals surface area contributed by atoms with Crippen molar-refractivity contribution in [2.45, 2.75) is 30.1 Å². The van der Waals surface area contributed by atoms with Crippen molar-refractivity contribution in [2.75, 3.05) is 0 Å². The molecule has 0 saturated carbocycles. The van der Waals surface area contributed by atoms with Crippen molar-refractivity contribution in [3.05, 3.63) is 121 Å². The normalized spacial score (nSPS) is 14.7. The second-order valence-corrected chi connectivity index (χ2v) is 11.9. The molecule has 0 saturated heterocycles. The predicted molar refractivity (Wildman–Crippen MR) is 163 cm³/mol. The lowest BCUT2D eigenvalue weighted by Gasteiger charge is -2.21. The molecule has 0 N–H and O–H groups in total. The Morgan fingerprint density at radius 1 is 0.875 bits per heavy atom. The Kier molecular flexibility index (Phi) is 5.44. The average Bonchev–Trinajstić information content (AvgIpc) is 3.53. The summed E-state index contributed by atoms with van der Waals surface area (Å²) in [6, 6.07) is 27.7. The largest absolute Gasteiger partial charge is 0.309 e. The standard InChI is InChI=1S/C34H27N3O2S/c1-4-24(36-28-14-8-6-11-25(28)26-12-7-9-15-29(26)36)19-17-22(3)23-18-20-31-30(21-23)37-33(5-2)35-27-13-10-16-32(34(27)37)40(31,38)39/h4,6-21H,1,5H2,2-3H3/b22-17+,24-19+. The molecule has 4 aromatic carbocycles. The number of rotatable bonds is 5. The Balaban J connectivity index is 1.38. The molecule has 1 aliphatic rings. The zero-order valence-electron chi connectivity index (χ0n) is 22.3. The maximum absolute atomic E-state index is 13.6. The van der Waals surface area contributed by atoms with Crippen LogP contribution in [0.5, 0.6) is 0 Å². The smallest absolute Gasteiger partial charge is 0.210 e.